The number of pyridine rings is 1. The highest BCUT2D eigenvalue weighted by Crippen LogP contribution is 2.31. The molecule has 1 unspecified atom stereocenters. The van der Waals surface area contributed by atoms with E-state index >= 15 is 0 Å². The lowest BCUT2D eigenvalue weighted by Crippen LogP contribution is -2.21. The van der Waals surface area contributed by atoms with Gasteiger partial charge in [0, 0.05) is 41.0 Å². The van der Waals surface area contributed by atoms with Crippen LogP contribution in [0.1, 0.15) is 11.3 Å². The molecule has 0 bridgehead atoms. The summed E-state index contributed by atoms with van der Waals surface area (Å²) in [7, 11) is -2.79. The topological polar surface area (TPSA) is 149 Å². The predicted octanol–water partition coefficient (Wildman–Crippen LogP) is 3.55. The maximum absolute atomic E-state index is 14.0. The van der Waals surface area contributed by atoms with E-state index in [9.17, 15) is 17.8 Å². The largest absolute Gasteiger partial charge is 0.609 e. The molecule has 1 atom stereocenters. The number of benzene rings is 2. The summed E-state index contributed by atoms with van der Waals surface area (Å²) in [5.41, 5.74) is 2.46. The lowest BCUT2D eigenvalue weighted by molar-refractivity contribution is -0.139. The first-order valence-electron chi connectivity index (χ1n) is 11.9. The molecule has 5 aromatic rings. The van der Waals surface area contributed by atoms with Crippen molar-refractivity contribution in [3.8, 4) is 17.2 Å². The third kappa shape index (κ3) is 5.26. The van der Waals surface area contributed by atoms with Gasteiger partial charge in [0.25, 0.3) is 10.0 Å². The van der Waals surface area contributed by atoms with Crippen molar-refractivity contribution in [3.63, 3.8) is 0 Å². The van der Waals surface area contributed by atoms with E-state index in [2.05, 4.69) is 9.97 Å². The van der Waals surface area contributed by atoms with Gasteiger partial charge in [-0.05, 0) is 67.6 Å². The fourth-order valence-electron chi connectivity index (χ4n) is 4.14. The zero-order valence-electron chi connectivity index (χ0n) is 21.4. The number of methoxy groups -OCH3 is 1. The molecule has 206 valence electrons. The zero-order valence-corrected chi connectivity index (χ0v) is 23.1. The SMILES string of the molecule is COc1ccnc(C[S+]([O-])c2nc3ccc(-n4cccc4)cc3n2S(=O)(=O)c2ccc(OCC(=O)O)cc2)c1C. The lowest BCUT2D eigenvalue weighted by Gasteiger charge is -2.15. The van der Waals surface area contributed by atoms with Crippen LogP contribution in [-0.4, -0.2) is 56.3 Å². The highest BCUT2D eigenvalue weighted by Gasteiger charge is 2.32. The molecule has 11 nitrogen and oxygen atoms in total. The van der Waals surface area contributed by atoms with Gasteiger partial charge in [0.05, 0.1) is 28.7 Å². The molecule has 13 heteroatoms. The number of carboxylic acids is 1. The number of rotatable bonds is 10. The Morgan fingerprint density at radius 2 is 1.82 bits per heavy atom. The van der Waals surface area contributed by atoms with Crippen LogP contribution < -0.4 is 9.47 Å². The van der Waals surface area contributed by atoms with Gasteiger partial charge in [-0.25, -0.2) is 13.2 Å². The van der Waals surface area contributed by atoms with Crippen LogP contribution in [0.5, 0.6) is 11.5 Å². The molecule has 3 aromatic heterocycles. The van der Waals surface area contributed by atoms with Crippen LogP contribution in [0.3, 0.4) is 0 Å². The van der Waals surface area contributed by atoms with Crippen molar-refractivity contribution >= 4 is 38.2 Å². The van der Waals surface area contributed by atoms with Crippen LogP contribution in [-0.2, 0) is 31.7 Å². The normalized spacial score (nSPS) is 12.4. The molecule has 0 saturated heterocycles. The van der Waals surface area contributed by atoms with E-state index in [1.807, 2.05) is 29.1 Å². The maximum atomic E-state index is 14.0. The Hall–Kier alpha value is -4.33. The molecule has 0 amide bonds. The van der Waals surface area contributed by atoms with Crippen LogP contribution in [0.25, 0.3) is 16.7 Å². The number of hydrogen-bond donors (Lipinski definition) is 1. The number of fused-ring (bicyclic) bond motifs is 1. The number of imidazole rings is 1. The number of carboxylic acid groups (broad SMARTS) is 1. The first kappa shape index (κ1) is 27.2. The maximum Gasteiger partial charge on any atom is 0.341 e. The molecule has 0 aliphatic carbocycles. The van der Waals surface area contributed by atoms with Gasteiger partial charge in [-0.3, -0.25) is 4.98 Å². The molecule has 2 aromatic carbocycles. The molecule has 0 aliphatic heterocycles. The molecule has 5 rings (SSSR count). The van der Waals surface area contributed by atoms with Crippen molar-refractivity contribution in [2.45, 2.75) is 22.7 Å². The Morgan fingerprint density at radius 3 is 2.50 bits per heavy atom. The molecule has 1 N–H and O–H groups in total. The quantitative estimate of drug-likeness (QED) is 0.245. The summed E-state index contributed by atoms with van der Waals surface area (Å²) in [5.74, 6) is -0.485. The number of aliphatic carboxylic acids is 1. The van der Waals surface area contributed by atoms with Crippen LogP contribution in [0, 0.1) is 6.92 Å². The van der Waals surface area contributed by atoms with Crippen molar-refractivity contribution in [1.29, 1.82) is 0 Å². The van der Waals surface area contributed by atoms with Crippen molar-refractivity contribution < 1.29 is 32.3 Å². The summed E-state index contributed by atoms with van der Waals surface area (Å²) in [5, 5.41) is 8.68. The second-order valence-corrected chi connectivity index (χ2v) is 11.8. The van der Waals surface area contributed by atoms with Gasteiger partial charge < -0.3 is 23.7 Å². The Kier molecular flexibility index (Phi) is 7.52. The van der Waals surface area contributed by atoms with E-state index in [0.717, 1.165) is 3.97 Å². The first-order valence-corrected chi connectivity index (χ1v) is 14.7. The van der Waals surface area contributed by atoms with Crippen molar-refractivity contribution in [2.24, 2.45) is 0 Å². The van der Waals surface area contributed by atoms with Gasteiger partial charge in [-0.2, -0.15) is 8.96 Å². The monoisotopic (exact) mass is 580 g/mol. The number of aromatic nitrogens is 4. The highest BCUT2D eigenvalue weighted by molar-refractivity contribution is 7.93. The van der Waals surface area contributed by atoms with Crippen molar-refractivity contribution in [3.05, 3.63) is 90.5 Å². The fourth-order valence-corrected chi connectivity index (χ4v) is 7.17. The van der Waals surface area contributed by atoms with E-state index in [-0.39, 0.29) is 27.1 Å². The predicted molar refractivity (Wildman–Crippen MR) is 147 cm³/mol. The Balaban J connectivity index is 1.63. The smallest absolute Gasteiger partial charge is 0.341 e. The average Bonchev–Trinajstić information content (AvgIpc) is 3.62. The van der Waals surface area contributed by atoms with Crippen LogP contribution in [0.15, 0.2) is 89.3 Å². The van der Waals surface area contributed by atoms with Gasteiger partial charge in [0.1, 0.15) is 11.5 Å². The van der Waals surface area contributed by atoms with E-state index in [0.29, 0.717) is 28.2 Å². The Labute approximate surface area is 232 Å². The molecule has 0 saturated carbocycles. The minimum Gasteiger partial charge on any atom is -0.609 e. The Morgan fingerprint density at radius 1 is 1.10 bits per heavy atom. The van der Waals surface area contributed by atoms with Gasteiger partial charge in [-0.1, -0.05) is 0 Å². The lowest BCUT2D eigenvalue weighted by atomic mass is 10.2. The summed E-state index contributed by atoms with van der Waals surface area (Å²) in [6.45, 7) is 1.22. The standard InChI is InChI=1S/C27H24N4O7S2/c1-18-23(28-12-11-25(18)37-2)17-39(34)27-29-22-10-5-19(30-13-3-4-14-30)15-24(22)31(27)40(35,36)21-8-6-20(7-9-21)38-16-26(32)33/h3-15H,16-17H2,1-2H3,(H,32,33). The third-order valence-electron chi connectivity index (χ3n) is 6.14. The second kappa shape index (κ2) is 11.0. The zero-order chi connectivity index (χ0) is 28.4. The highest BCUT2D eigenvalue weighted by atomic mass is 32.2. The van der Waals surface area contributed by atoms with Crippen molar-refractivity contribution in [2.75, 3.05) is 13.7 Å². The molecular formula is C27H24N4O7S2. The molecule has 3 heterocycles. The van der Waals surface area contributed by atoms with E-state index in [4.69, 9.17) is 14.6 Å². The van der Waals surface area contributed by atoms with Gasteiger partial charge in [0.2, 0.25) is 0 Å². The van der Waals surface area contributed by atoms with E-state index < -0.39 is 33.8 Å². The molecule has 0 fully saturated rings. The minimum atomic E-state index is -4.31. The minimum absolute atomic E-state index is 0.0890. The summed E-state index contributed by atoms with van der Waals surface area (Å²) in [6.07, 6.45) is 5.18. The molecule has 0 radical (unpaired) electrons. The second-order valence-electron chi connectivity index (χ2n) is 8.66. The van der Waals surface area contributed by atoms with Gasteiger partial charge in [-0.15, -0.1) is 0 Å². The number of ether oxygens (including phenoxy) is 2. The van der Waals surface area contributed by atoms with E-state index in [1.165, 1.54) is 37.6 Å². The summed E-state index contributed by atoms with van der Waals surface area (Å²) in [6, 6.07) is 15.8. The van der Waals surface area contributed by atoms with Crippen LogP contribution in [0.4, 0.5) is 0 Å². The molecule has 0 spiro atoms. The van der Waals surface area contributed by atoms with Crippen molar-refractivity contribution in [1.82, 2.24) is 18.5 Å². The van der Waals surface area contributed by atoms with E-state index in [1.54, 1.807) is 31.2 Å². The molecular weight excluding hydrogens is 556 g/mol. The number of nitrogens with zero attached hydrogens (tertiary/aromatic N) is 4. The third-order valence-corrected chi connectivity index (χ3v) is 9.20. The average molecular weight is 581 g/mol. The number of hydrogen-bond acceptors (Lipinski definition) is 8. The summed E-state index contributed by atoms with van der Waals surface area (Å²) < 4.78 is 55.1. The van der Waals surface area contributed by atoms with Gasteiger partial charge >= 0.3 is 11.1 Å². The summed E-state index contributed by atoms with van der Waals surface area (Å²) >= 11 is -1.92. The Bertz CT molecular complexity index is 1780. The van der Waals surface area contributed by atoms with Crippen LogP contribution >= 0.6 is 0 Å². The first-order chi connectivity index (χ1) is 19.2. The molecule has 40 heavy (non-hydrogen) atoms. The van der Waals surface area contributed by atoms with Crippen LogP contribution in [0.2, 0.25) is 0 Å². The summed E-state index contributed by atoms with van der Waals surface area (Å²) in [4.78, 5) is 19.5. The van der Waals surface area contributed by atoms with Gasteiger partial charge in [0.15, 0.2) is 12.4 Å². The fraction of sp³-hybridized carbons (Fsp3) is 0.148. The molecule has 0 aliphatic rings. The number of carbonyl (C=O) groups is 1.